The predicted octanol–water partition coefficient (Wildman–Crippen LogP) is 3.11. The van der Waals surface area contributed by atoms with Gasteiger partial charge in [0.05, 0.1) is 18.9 Å². The van der Waals surface area contributed by atoms with E-state index in [9.17, 15) is 8.42 Å². The summed E-state index contributed by atoms with van der Waals surface area (Å²) >= 11 is 0. The number of hydrogen-bond acceptors (Lipinski definition) is 4. The molecule has 29 heavy (non-hydrogen) atoms. The largest absolute Gasteiger partial charge is 0.497 e. The van der Waals surface area contributed by atoms with Gasteiger partial charge in [0.25, 0.3) is 0 Å². The molecule has 1 fully saturated rings. The van der Waals surface area contributed by atoms with Crippen molar-refractivity contribution in [2.45, 2.75) is 38.1 Å². The molecule has 0 spiro atoms. The van der Waals surface area contributed by atoms with Gasteiger partial charge in [0.2, 0.25) is 10.0 Å². The van der Waals surface area contributed by atoms with Gasteiger partial charge in [-0.1, -0.05) is 25.0 Å². The number of likely N-dealkylation sites (tertiary alicyclic amines) is 1. The Bertz CT molecular complexity index is 854. The molecule has 0 saturated carbocycles. The lowest BCUT2D eigenvalue weighted by Gasteiger charge is -2.31. The van der Waals surface area contributed by atoms with Gasteiger partial charge >= 0.3 is 0 Å². The number of nitrogens with one attached hydrogen (secondary N) is 1. The third-order valence-corrected chi connectivity index (χ3v) is 7.07. The van der Waals surface area contributed by atoms with Gasteiger partial charge in [0.1, 0.15) is 5.75 Å². The van der Waals surface area contributed by atoms with Crippen LogP contribution in [0.4, 0.5) is 0 Å². The molecule has 1 N–H and O–H groups in total. The highest BCUT2D eigenvalue weighted by molar-refractivity contribution is 7.89. The van der Waals surface area contributed by atoms with Crippen LogP contribution in [0.2, 0.25) is 0 Å². The first-order valence-electron chi connectivity index (χ1n) is 10.4. The Morgan fingerprint density at radius 2 is 1.76 bits per heavy atom. The standard InChI is InChI=1S/C22H33N3O3S/c1-24-14-7-8-21(24)22(25-15-5-3-4-6-16-25)18-23-29(26,27)17-13-19-9-11-20(28-2)12-10-19/h7-12,14,22-23H,3-6,13,15-18H2,1-2H3. The van der Waals surface area contributed by atoms with Gasteiger partial charge in [0, 0.05) is 25.5 Å². The van der Waals surface area contributed by atoms with Crippen LogP contribution >= 0.6 is 0 Å². The van der Waals surface area contributed by atoms with Gasteiger partial charge in [-0.25, -0.2) is 13.1 Å². The highest BCUT2D eigenvalue weighted by atomic mass is 32.2. The number of hydrogen-bond donors (Lipinski definition) is 1. The van der Waals surface area contributed by atoms with Crippen LogP contribution in [0.5, 0.6) is 5.75 Å². The second kappa shape index (κ2) is 10.3. The molecule has 7 heteroatoms. The molecule has 1 aliphatic rings. The summed E-state index contributed by atoms with van der Waals surface area (Å²) in [5, 5.41) is 0. The number of benzene rings is 1. The molecule has 0 bridgehead atoms. The second-order valence-corrected chi connectivity index (χ2v) is 9.70. The molecule has 1 aromatic carbocycles. The Kier molecular flexibility index (Phi) is 7.75. The zero-order valence-electron chi connectivity index (χ0n) is 17.5. The molecule has 0 radical (unpaired) electrons. The molecular weight excluding hydrogens is 386 g/mol. The van der Waals surface area contributed by atoms with Crippen LogP contribution in [0.25, 0.3) is 0 Å². The topological polar surface area (TPSA) is 63.6 Å². The van der Waals surface area contributed by atoms with E-state index in [1.807, 2.05) is 43.6 Å². The maximum Gasteiger partial charge on any atom is 0.211 e. The fourth-order valence-corrected chi connectivity index (χ4v) is 5.03. The summed E-state index contributed by atoms with van der Waals surface area (Å²) in [5.74, 6) is 0.858. The molecule has 2 aromatic rings. The Morgan fingerprint density at radius 3 is 2.34 bits per heavy atom. The molecule has 1 saturated heterocycles. The van der Waals surface area contributed by atoms with E-state index in [2.05, 4.69) is 20.3 Å². The summed E-state index contributed by atoms with van der Waals surface area (Å²) in [6, 6.07) is 11.7. The van der Waals surface area contributed by atoms with E-state index >= 15 is 0 Å². The van der Waals surface area contributed by atoms with E-state index in [-0.39, 0.29) is 11.8 Å². The number of sulfonamides is 1. The maximum absolute atomic E-state index is 12.7. The van der Waals surface area contributed by atoms with Gasteiger partial charge < -0.3 is 9.30 Å². The van der Waals surface area contributed by atoms with E-state index in [1.54, 1.807) is 7.11 Å². The molecule has 1 aliphatic heterocycles. The molecule has 1 aromatic heterocycles. The van der Waals surface area contributed by atoms with E-state index < -0.39 is 10.0 Å². The summed E-state index contributed by atoms with van der Waals surface area (Å²) in [7, 11) is 0.289. The predicted molar refractivity (Wildman–Crippen MR) is 117 cm³/mol. The summed E-state index contributed by atoms with van der Waals surface area (Å²) in [6.07, 6.45) is 7.36. The first-order chi connectivity index (χ1) is 14.0. The van der Waals surface area contributed by atoms with E-state index in [4.69, 9.17) is 4.74 Å². The normalized spacial score (nSPS) is 17.0. The molecule has 1 unspecified atom stereocenters. The second-order valence-electron chi connectivity index (χ2n) is 7.78. The Labute approximate surface area is 174 Å². The molecule has 3 rings (SSSR count). The van der Waals surface area contributed by atoms with E-state index in [0.29, 0.717) is 13.0 Å². The molecule has 1 atom stereocenters. The maximum atomic E-state index is 12.7. The summed E-state index contributed by atoms with van der Waals surface area (Å²) in [6.45, 7) is 2.44. The highest BCUT2D eigenvalue weighted by Gasteiger charge is 2.25. The minimum atomic E-state index is -3.36. The fraction of sp³-hybridized carbons (Fsp3) is 0.545. The average Bonchev–Trinajstić information content (AvgIpc) is 2.97. The molecule has 0 amide bonds. The van der Waals surface area contributed by atoms with Crippen molar-refractivity contribution in [3.8, 4) is 5.75 Å². The minimum Gasteiger partial charge on any atom is -0.497 e. The van der Waals surface area contributed by atoms with Gasteiger partial charge in [-0.2, -0.15) is 0 Å². The summed E-state index contributed by atoms with van der Waals surface area (Å²) in [5.41, 5.74) is 2.15. The number of aromatic nitrogens is 1. The van der Waals surface area contributed by atoms with Crippen molar-refractivity contribution in [1.29, 1.82) is 0 Å². The van der Waals surface area contributed by atoms with Gasteiger partial charge in [-0.05, 0) is 62.2 Å². The van der Waals surface area contributed by atoms with Crippen LogP contribution < -0.4 is 9.46 Å². The van der Waals surface area contributed by atoms with Crippen molar-refractivity contribution in [1.82, 2.24) is 14.2 Å². The lowest BCUT2D eigenvalue weighted by molar-refractivity contribution is 0.199. The van der Waals surface area contributed by atoms with Crippen LogP contribution in [-0.4, -0.2) is 50.4 Å². The lowest BCUT2D eigenvalue weighted by Crippen LogP contribution is -2.40. The monoisotopic (exact) mass is 419 g/mol. The third kappa shape index (κ3) is 6.32. The van der Waals surface area contributed by atoms with Crippen molar-refractivity contribution in [2.24, 2.45) is 7.05 Å². The Morgan fingerprint density at radius 1 is 1.07 bits per heavy atom. The van der Waals surface area contributed by atoms with Crippen LogP contribution in [0.15, 0.2) is 42.6 Å². The summed E-state index contributed by atoms with van der Waals surface area (Å²) in [4.78, 5) is 2.44. The number of methoxy groups -OCH3 is 1. The lowest BCUT2D eigenvalue weighted by atomic mass is 10.1. The van der Waals surface area contributed by atoms with Crippen LogP contribution in [0.1, 0.15) is 43.0 Å². The SMILES string of the molecule is COc1ccc(CCS(=O)(=O)NCC(c2cccn2C)N2CCCCCC2)cc1. The van der Waals surface area contributed by atoms with E-state index in [1.165, 1.54) is 25.7 Å². The van der Waals surface area contributed by atoms with Crippen molar-refractivity contribution in [3.63, 3.8) is 0 Å². The summed E-state index contributed by atoms with van der Waals surface area (Å²) < 4.78 is 35.5. The van der Waals surface area contributed by atoms with Gasteiger partial charge in [-0.15, -0.1) is 0 Å². The molecule has 160 valence electrons. The number of rotatable bonds is 9. The fourth-order valence-electron chi connectivity index (χ4n) is 3.97. The number of aryl methyl sites for hydroxylation is 2. The third-order valence-electron chi connectivity index (χ3n) is 5.72. The highest BCUT2D eigenvalue weighted by Crippen LogP contribution is 2.24. The number of nitrogens with zero attached hydrogens (tertiary/aromatic N) is 2. The molecule has 2 heterocycles. The van der Waals surface area contributed by atoms with E-state index in [0.717, 1.165) is 30.1 Å². The first kappa shape index (κ1) is 21.9. The zero-order chi connectivity index (χ0) is 20.7. The van der Waals surface area contributed by atoms with Gasteiger partial charge in [0.15, 0.2) is 0 Å². The molecule has 0 aliphatic carbocycles. The van der Waals surface area contributed by atoms with Crippen molar-refractivity contribution in [3.05, 3.63) is 53.9 Å². The van der Waals surface area contributed by atoms with Crippen molar-refractivity contribution >= 4 is 10.0 Å². The minimum absolute atomic E-state index is 0.0591. The Hall–Kier alpha value is -1.83. The van der Waals surface area contributed by atoms with Crippen LogP contribution in [0.3, 0.4) is 0 Å². The number of ether oxygens (including phenoxy) is 1. The van der Waals surface area contributed by atoms with Gasteiger partial charge in [-0.3, -0.25) is 4.90 Å². The quantitative estimate of drug-likeness (QED) is 0.678. The van der Waals surface area contributed by atoms with Crippen LogP contribution in [-0.2, 0) is 23.5 Å². The van der Waals surface area contributed by atoms with Crippen molar-refractivity contribution < 1.29 is 13.2 Å². The average molecular weight is 420 g/mol. The smallest absolute Gasteiger partial charge is 0.211 e. The van der Waals surface area contributed by atoms with Crippen molar-refractivity contribution in [2.75, 3.05) is 32.5 Å². The Balaban J connectivity index is 1.63. The molecular formula is C22H33N3O3S. The van der Waals surface area contributed by atoms with Crippen LogP contribution in [0, 0.1) is 0 Å². The first-order valence-corrected chi connectivity index (χ1v) is 12.1. The molecule has 6 nitrogen and oxygen atoms in total. The zero-order valence-corrected chi connectivity index (χ0v) is 18.3.